The Morgan fingerprint density at radius 1 is 1.53 bits per heavy atom. The number of aliphatic hydroxyl groups is 1. The Morgan fingerprint density at radius 3 is 3.00 bits per heavy atom. The summed E-state index contributed by atoms with van der Waals surface area (Å²) in [5, 5.41) is 10.5. The molecular formula is C9H10ClN3OS. The van der Waals surface area contributed by atoms with Crippen LogP contribution in [0.2, 0.25) is 5.15 Å². The molecule has 0 aliphatic rings. The first-order valence-corrected chi connectivity index (χ1v) is 5.80. The minimum Gasteiger partial charge on any atom is -0.393 e. The minimum atomic E-state index is -0.307. The molecule has 1 N–H and O–H groups in total. The lowest BCUT2D eigenvalue weighted by molar-refractivity contribution is 0.185. The molecule has 2 aromatic heterocycles. The van der Waals surface area contributed by atoms with Crippen molar-refractivity contribution in [2.24, 2.45) is 0 Å². The van der Waals surface area contributed by atoms with Crippen molar-refractivity contribution in [1.29, 1.82) is 0 Å². The Hall–Kier alpha value is -0.780. The van der Waals surface area contributed by atoms with Gasteiger partial charge >= 0.3 is 0 Å². The van der Waals surface area contributed by atoms with Gasteiger partial charge in [0.05, 0.1) is 11.1 Å². The van der Waals surface area contributed by atoms with Crippen LogP contribution in [0, 0.1) is 0 Å². The van der Waals surface area contributed by atoms with E-state index in [2.05, 4.69) is 15.0 Å². The first-order chi connectivity index (χ1) is 7.16. The van der Waals surface area contributed by atoms with Crippen LogP contribution in [0.15, 0.2) is 6.33 Å². The van der Waals surface area contributed by atoms with Crippen molar-refractivity contribution in [2.75, 3.05) is 0 Å². The third kappa shape index (κ3) is 2.42. The van der Waals surface area contributed by atoms with Crippen molar-refractivity contribution in [3.05, 3.63) is 16.5 Å². The number of halogens is 1. The van der Waals surface area contributed by atoms with Crippen molar-refractivity contribution >= 4 is 33.3 Å². The summed E-state index contributed by atoms with van der Waals surface area (Å²) in [6, 6.07) is 0. The van der Waals surface area contributed by atoms with Crippen molar-refractivity contribution in [3.8, 4) is 0 Å². The second-order valence-corrected chi connectivity index (χ2v) is 4.73. The number of aromatic nitrogens is 3. The molecule has 4 nitrogen and oxygen atoms in total. The van der Waals surface area contributed by atoms with Crippen molar-refractivity contribution in [3.63, 3.8) is 0 Å². The fourth-order valence-corrected chi connectivity index (χ4v) is 2.36. The Balaban J connectivity index is 2.27. The fourth-order valence-electron chi connectivity index (χ4n) is 1.21. The highest BCUT2D eigenvalue weighted by Crippen LogP contribution is 2.25. The molecule has 0 fully saturated rings. The molecule has 0 amide bonds. The molecule has 2 rings (SSSR count). The topological polar surface area (TPSA) is 58.9 Å². The van der Waals surface area contributed by atoms with Gasteiger partial charge < -0.3 is 5.11 Å². The number of thiazole rings is 1. The maximum Gasteiger partial charge on any atom is 0.159 e. The number of fused-ring (bicyclic) bond motifs is 1. The summed E-state index contributed by atoms with van der Waals surface area (Å²) in [6.07, 6.45) is 2.57. The van der Waals surface area contributed by atoms with E-state index < -0.39 is 0 Å². The molecule has 0 aromatic carbocycles. The monoisotopic (exact) mass is 243 g/mol. The standard InChI is InChI=1S/C9H10ClN3OS/c1-5(14)2-3-6-13-7-8(10)11-4-12-9(7)15-6/h4-5,14H,2-3H2,1H3. The number of aryl methyl sites for hydroxylation is 1. The Morgan fingerprint density at radius 2 is 2.33 bits per heavy atom. The van der Waals surface area contributed by atoms with Crippen LogP contribution < -0.4 is 0 Å². The van der Waals surface area contributed by atoms with Gasteiger partial charge in [-0.25, -0.2) is 15.0 Å². The molecule has 0 bridgehead atoms. The summed E-state index contributed by atoms with van der Waals surface area (Å²) in [5.41, 5.74) is 0.657. The smallest absolute Gasteiger partial charge is 0.159 e. The van der Waals surface area contributed by atoms with Crippen LogP contribution in [0.25, 0.3) is 10.3 Å². The van der Waals surface area contributed by atoms with Gasteiger partial charge in [-0.1, -0.05) is 22.9 Å². The summed E-state index contributed by atoms with van der Waals surface area (Å²) in [4.78, 5) is 13.1. The number of hydrogen-bond donors (Lipinski definition) is 1. The van der Waals surface area contributed by atoms with E-state index in [1.165, 1.54) is 17.7 Å². The maximum atomic E-state index is 9.17. The number of aliphatic hydroxyl groups excluding tert-OH is 1. The van der Waals surface area contributed by atoms with E-state index in [-0.39, 0.29) is 6.10 Å². The quantitative estimate of drug-likeness (QED) is 0.839. The molecule has 2 heterocycles. The molecule has 80 valence electrons. The first-order valence-electron chi connectivity index (χ1n) is 4.61. The highest BCUT2D eigenvalue weighted by atomic mass is 35.5. The van der Waals surface area contributed by atoms with Crippen LogP contribution in [0.3, 0.4) is 0 Å². The Bertz CT molecular complexity index is 471. The molecule has 1 atom stereocenters. The van der Waals surface area contributed by atoms with Crippen molar-refractivity contribution in [2.45, 2.75) is 25.9 Å². The third-order valence-electron chi connectivity index (χ3n) is 1.97. The summed E-state index contributed by atoms with van der Waals surface area (Å²) in [5.74, 6) is 0. The Kier molecular flexibility index (Phi) is 3.14. The van der Waals surface area contributed by atoms with Gasteiger partial charge in [0.15, 0.2) is 5.15 Å². The summed E-state index contributed by atoms with van der Waals surface area (Å²) >= 11 is 7.37. The van der Waals surface area contributed by atoms with Gasteiger partial charge in [-0.15, -0.1) is 0 Å². The third-order valence-corrected chi connectivity index (χ3v) is 3.27. The van der Waals surface area contributed by atoms with E-state index >= 15 is 0 Å². The lowest BCUT2D eigenvalue weighted by Crippen LogP contribution is -2.00. The molecule has 0 saturated carbocycles. The van der Waals surface area contributed by atoms with Gasteiger partial charge in [0, 0.05) is 6.42 Å². The highest BCUT2D eigenvalue weighted by Gasteiger charge is 2.09. The zero-order valence-corrected chi connectivity index (χ0v) is 9.72. The lowest BCUT2D eigenvalue weighted by Gasteiger charge is -1.99. The average molecular weight is 244 g/mol. The molecule has 2 aromatic rings. The number of nitrogens with zero attached hydrogens (tertiary/aromatic N) is 3. The zero-order chi connectivity index (χ0) is 10.8. The lowest BCUT2D eigenvalue weighted by atomic mass is 10.2. The predicted molar refractivity (Wildman–Crippen MR) is 60.2 cm³/mol. The number of hydrogen-bond acceptors (Lipinski definition) is 5. The van der Waals surface area contributed by atoms with Crippen LogP contribution in [0.4, 0.5) is 0 Å². The molecule has 1 unspecified atom stereocenters. The first kappa shape index (κ1) is 10.7. The van der Waals surface area contributed by atoms with E-state index in [4.69, 9.17) is 16.7 Å². The van der Waals surface area contributed by atoms with Gasteiger partial charge in [-0.3, -0.25) is 0 Å². The van der Waals surface area contributed by atoms with E-state index in [1.54, 1.807) is 6.92 Å². The summed E-state index contributed by atoms with van der Waals surface area (Å²) in [7, 11) is 0. The Labute approximate surface area is 96.0 Å². The second-order valence-electron chi connectivity index (χ2n) is 3.31. The second kappa shape index (κ2) is 4.38. The van der Waals surface area contributed by atoms with Crippen molar-refractivity contribution < 1.29 is 5.11 Å². The minimum absolute atomic E-state index is 0.307. The molecular weight excluding hydrogens is 234 g/mol. The van der Waals surface area contributed by atoms with Gasteiger partial charge in [-0.05, 0) is 13.3 Å². The van der Waals surface area contributed by atoms with Crippen LogP contribution in [-0.2, 0) is 6.42 Å². The van der Waals surface area contributed by atoms with Gasteiger partial charge in [0.1, 0.15) is 16.7 Å². The largest absolute Gasteiger partial charge is 0.393 e. The molecule has 0 radical (unpaired) electrons. The SMILES string of the molecule is CC(O)CCc1nc2c(Cl)ncnc2s1. The number of rotatable bonds is 3. The van der Waals surface area contributed by atoms with E-state index in [1.807, 2.05) is 0 Å². The van der Waals surface area contributed by atoms with E-state index in [0.717, 1.165) is 16.3 Å². The maximum absolute atomic E-state index is 9.17. The highest BCUT2D eigenvalue weighted by molar-refractivity contribution is 7.18. The molecule has 0 saturated heterocycles. The van der Waals surface area contributed by atoms with Gasteiger partial charge in [0.2, 0.25) is 0 Å². The molecule has 0 aliphatic carbocycles. The normalized spacial score (nSPS) is 13.3. The molecule has 15 heavy (non-hydrogen) atoms. The van der Waals surface area contributed by atoms with Crippen LogP contribution in [-0.4, -0.2) is 26.2 Å². The van der Waals surface area contributed by atoms with Gasteiger partial charge in [-0.2, -0.15) is 0 Å². The average Bonchev–Trinajstić information content (AvgIpc) is 2.59. The van der Waals surface area contributed by atoms with E-state index in [9.17, 15) is 0 Å². The van der Waals surface area contributed by atoms with Gasteiger partial charge in [0.25, 0.3) is 0 Å². The van der Waals surface area contributed by atoms with Crippen LogP contribution in [0.1, 0.15) is 18.4 Å². The van der Waals surface area contributed by atoms with E-state index in [0.29, 0.717) is 17.1 Å². The molecule has 0 aliphatic heterocycles. The zero-order valence-electron chi connectivity index (χ0n) is 8.14. The predicted octanol–water partition coefficient (Wildman–Crippen LogP) is 2.05. The summed E-state index contributed by atoms with van der Waals surface area (Å²) < 4.78 is 0. The van der Waals surface area contributed by atoms with Crippen LogP contribution in [0.5, 0.6) is 0 Å². The fraction of sp³-hybridized carbons (Fsp3) is 0.444. The molecule has 0 spiro atoms. The van der Waals surface area contributed by atoms with Crippen molar-refractivity contribution in [1.82, 2.24) is 15.0 Å². The van der Waals surface area contributed by atoms with Crippen LogP contribution >= 0.6 is 22.9 Å². The molecule has 6 heteroatoms. The summed E-state index contributed by atoms with van der Waals surface area (Å²) in [6.45, 7) is 1.76.